The summed E-state index contributed by atoms with van der Waals surface area (Å²) >= 11 is 0. The number of hydrogen-bond acceptors (Lipinski definition) is 4. The maximum absolute atomic E-state index is 7.91. The third kappa shape index (κ3) is 6.94. The zero-order valence-electron chi connectivity index (χ0n) is 5.06. The van der Waals surface area contributed by atoms with Crippen molar-refractivity contribution in [3.8, 4) is 0 Å². The first-order chi connectivity index (χ1) is 4.41. The van der Waals surface area contributed by atoms with E-state index >= 15 is 0 Å². The average Bonchev–Trinajstić information content (AvgIpc) is 1.89. The molecule has 0 aliphatic heterocycles. The Bertz CT molecular complexity index is 89.1. The van der Waals surface area contributed by atoms with Gasteiger partial charge in [0.25, 0.3) is 0 Å². The second kappa shape index (κ2) is 6.94. The molecule has 0 aromatic carbocycles. The molecule has 0 saturated heterocycles. The summed E-state index contributed by atoms with van der Waals surface area (Å²) in [6.07, 6.45) is 5.08. The summed E-state index contributed by atoms with van der Waals surface area (Å²) in [5.41, 5.74) is 0. The molecule has 0 aromatic rings. The summed E-state index contributed by atoms with van der Waals surface area (Å²) in [6.45, 7) is 0. The zero-order valence-corrected chi connectivity index (χ0v) is 5.06. The summed E-state index contributed by atoms with van der Waals surface area (Å²) in [5.74, 6) is 0. The molecule has 0 radical (unpaired) electrons. The minimum Gasteiger partial charge on any atom is -0.411 e. The molecular weight excluding hydrogens is 120 g/mol. The first-order valence-electron chi connectivity index (χ1n) is 2.73. The molecule has 4 nitrogen and oxygen atoms in total. The second-order valence-electron chi connectivity index (χ2n) is 1.53. The normalized spacial score (nSPS) is 11.6. The van der Waals surface area contributed by atoms with Crippen LogP contribution in [-0.4, -0.2) is 22.8 Å². The highest BCUT2D eigenvalue weighted by Crippen LogP contribution is 1.88. The van der Waals surface area contributed by atoms with Gasteiger partial charge in [0.1, 0.15) is 0 Å². The number of rotatable bonds is 4. The predicted octanol–water partition coefficient (Wildman–Crippen LogP) is 1.08. The molecule has 0 aromatic heterocycles. The van der Waals surface area contributed by atoms with Crippen LogP contribution < -0.4 is 0 Å². The van der Waals surface area contributed by atoms with E-state index in [1.165, 1.54) is 12.4 Å². The smallest absolute Gasteiger partial charge is 0.0436 e. The molecule has 4 heteroatoms. The lowest BCUT2D eigenvalue weighted by Crippen LogP contribution is -1.78. The third-order valence-corrected chi connectivity index (χ3v) is 0.830. The molecule has 0 amide bonds. The van der Waals surface area contributed by atoms with Crippen LogP contribution in [0.4, 0.5) is 0 Å². The van der Waals surface area contributed by atoms with E-state index in [0.29, 0.717) is 12.8 Å². The van der Waals surface area contributed by atoms with Crippen molar-refractivity contribution in [3.05, 3.63) is 0 Å². The van der Waals surface area contributed by atoms with Gasteiger partial charge in [0.2, 0.25) is 0 Å². The van der Waals surface area contributed by atoms with Gasteiger partial charge in [0, 0.05) is 12.4 Å². The van der Waals surface area contributed by atoms with Gasteiger partial charge in [0.15, 0.2) is 0 Å². The largest absolute Gasteiger partial charge is 0.411 e. The Labute approximate surface area is 53.5 Å². The number of unbranched alkanes of at least 4 members (excludes halogenated alkanes) is 2. The van der Waals surface area contributed by atoms with Gasteiger partial charge in [-0.25, -0.2) is 0 Å². The minimum absolute atomic E-state index is 0.711. The zero-order chi connectivity index (χ0) is 6.95. The number of hydrogen-bond donors (Lipinski definition) is 2. The van der Waals surface area contributed by atoms with Crippen molar-refractivity contribution >= 4 is 12.4 Å². The van der Waals surface area contributed by atoms with Crippen LogP contribution in [0.2, 0.25) is 0 Å². The van der Waals surface area contributed by atoms with Crippen LogP contribution in [0.15, 0.2) is 10.3 Å². The fourth-order valence-electron chi connectivity index (χ4n) is 0.416. The predicted molar refractivity (Wildman–Crippen MR) is 34.4 cm³/mol. The van der Waals surface area contributed by atoms with Gasteiger partial charge in [-0.2, -0.15) is 0 Å². The van der Waals surface area contributed by atoms with Gasteiger partial charge in [-0.1, -0.05) is 0 Å². The Morgan fingerprint density at radius 1 is 1.00 bits per heavy atom. The summed E-state index contributed by atoms with van der Waals surface area (Å²) < 4.78 is 0. The molecule has 52 valence electrons. The molecule has 0 atom stereocenters. The second-order valence-corrected chi connectivity index (χ2v) is 1.53. The van der Waals surface area contributed by atoms with Gasteiger partial charge >= 0.3 is 0 Å². The van der Waals surface area contributed by atoms with Crippen molar-refractivity contribution < 1.29 is 10.4 Å². The van der Waals surface area contributed by atoms with Gasteiger partial charge in [-0.15, -0.1) is 10.3 Å². The van der Waals surface area contributed by atoms with Crippen LogP contribution in [-0.2, 0) is 0 Å². The third-order valence-electron chi connectivity index (χ3n) is 0.830. The molecule has 0 fully saturated rings. The topological polar surface area (TPSA) is 65.2 Å². The summed E-state index contributed by atoms with van der Waals surface area (Å²) in [6, 6.07) is 0. The molecular formula is C5H10N2O2. The van der Waals surface area contributed by atoms with Crippen LogP contribution in [0.5, 0.6) is 0 Å². The fourth-order valence-corrected chi connectivity index (χ4v) is 0.416. The summed E-state index contributed by atoms with van der Waals surface area (Å²) in [5, 5.41) is 21.4. The van der Waals surface area contributed by atoms with Crippen LogP contribution in [0.3, 0.4) is 0 Å². The van der Waals surface area contributed by atoms with E-state index in [2.05, 4.69) is 10.3 Å². The van der Waals surface area contributed by atoms with Crippen molar-refractivity contribution in [1.29, 1.82) is 0 Å². The Balaban J connectivity index is 2.91. The quantitative estimate of drug-likeness (QED) is 0.259. The van der Waals surface area contributed by atoms with E-state index in [1.807, 2.05) is 0 Å². The number of oxime groups is 2. The highest BCUT2D eigenvalue weighted by atomic mass is 16.4. The van der Waals surface area contributed by atoms with E-state index in [1.54, 1.807) is 0 Å². The fraction of sp³-hybridized carbons (Fsp3) is 0.600. The first-order valence-corrected chi connectivity index (χ1v) is 2.73. The molecule has 0 heterocycles. The molecule has 0 rings (SSSR count). The van der Waals surface area contributed by atoms with E-state index in [-0.39, 0.29) is 0 Å². The van der Waals surface area contributed by atoms with Crippen molar-refractivity contribution in [2.75, 3.05) is 0 Å². The number of nitrogens with zero attached hydrogens (tertiary/aromatic N) is 2. The van der Waals surface area contributed by atoms with Gasteiger partial charge in [0.05, 0.1) is 0 Å². The molecule has 0 aliphatic carbocycles. The lowest BCUT2D eigenvalue weighted by Gasteiger charge is -1.84. The monoisotopic (exact) mass is 130 g/mol. The van der Waals surface area contributed by atoms with E-state index in [9.17, 15) is 0 Å². The van der Waals surface area contributed by atoms with E-state index in [4.69, 9.17) is 10.4 Å². The minimum atomic E-state index is 0.711. The van der Waals surface area contributed by atoms with Crippen molar-refractivity contribution in [1.82, 2.24) is 0 Å². The Hall–Kier alpha value is -1.06. The Kier molecular flexibility index (Phi) is 6.12. The summed E-state index contributed by atoms with van der Waals surface area (Å²) in [4.78, 5) is 0. The highest BCUT2D eigenvalue weighted by molar-refractivity contribution is 5.59. The molecule has 9 heavy (non-hydrogen) atoms. The van der Waals surface area contributed by atoms with Gasteiger partial charge in [-0.05, 0) is 19.3 Å². The molecule has 0 spiro atoms. The summed E-state index contributed by atoms with van der Waals surface area (Å²) in [7, 11) is 0. The molecule has 0 bridgehead atoms. The molecule has 0 saturated carbocycles. The first kappa shape index (κ1) is 7.94. The molecule has 2 N–H and O–H groups in total. The Morgan fingerprint density at radius 2 is 1.44 bits per heavy atom. The van der Waals surface area contributed by atoms with Gasteiger partial charge < -0.3 is 10.4 Å². The highest BCUT2D eigenvalue weighted by Gasteiger charge is 1.79. The van der Waals surface area contributed by atoms with Crippen LogP contribution in [0.25, 0.3) is 0 Å². The van der Waals surface area contributed by atoms with Crippen molar-refractivity contribution in [3.63, 3.8) is 0 Å². The van der Waals surface area contributed by atoms with Crippen LogP contribution in [0, 0.1) is 0 Å². The van der Waals surface area contributed by atoms with Crippen LogP contribution in [0.1, 0.15) is 19.3 Å². The lowest BCUT2D eigenvalue weighted by molar-refractivity contribution is 0.319. The average molecular weight is 130 g/mol. The van der Waals surface area contributed by atoms with E-state index < -0.39 is 0 Å². The van der Waals surface area contributed by atoms with Crippen molar-refractivity contribution in [2.45, 2.75) is 19.3 Å². The Morgan fingerprint density at radius 3 is 1.78 bits per heavy atom. The van der Waals surface area contributed by atoms with E-state index in [0.717, 1.165) is 6.42 Å². The van der Waals surface area contributed by atoms with Crippen molar-refractivity contribution in [2.24, 2.45) is 10.3 Å². The molecule has 0 aliphatic rings. The van der Waals surface area contributed by atoms with Crippen LogP contribution >= 0.6 is 0 Å². The maximum Gasteiger partial charge on any atom is 0.0436 e. The standard InChI is InChI=1S/C5H10N2O2/c8-6-4-2-1-3-5-7-9/h4-5,8-9H,1-3H2. The van der Waals surface area contributed by atoms with Gasteiger partial charge in [-0.3, -0.25) is 0 Å². The lowest BCUT2D eigenvalue weighted by atomic mass is 10.3. The molecule has 0 unspecified atom stereocenters. The maximum atomic E-state index is 7.91. The SMILES string of the molecule is ON=CCCCC=NO.